The van der Waals surface area contributed by atoms with Crippen LogP contribution >= 0.6 is 23.2 Å². The second kappa shape index (κ2) is 9.29. The average Bonchev–Trinajstić information content (AvgIpc) is 3.44. The maximum absolute atomic E-state index is 13.4. The van der Waals surface area contributed by atoms with E-state index >= 15 is 0 Å². The molecule has 4 heterocycles. The molecule has 1 amide bonds. The standard InChI is InChI=1S/C23H19Cl2FN6O3/c1-31-19(4-6-28-31)29-23-27-11-15(25)21(30-23)18-10-13-17(35-18)5-7-32(22(13)34)20(33)9-12-2-3-16(26)14(24)8-12/h2-4,6,8,10-11,20,33H,5,7,9H2,1H3,(H,27,29,30)/t20-/m0/s1. The van der Waals surface area contributed by atoms with E-state index < -0.39 is 12.0 Å². The lowest BCUT2D eigenvalue weighted by molar-refractivity contribution is 0.00530. The maximum Gasteiger partial charge on any atom is 0.259 e. The highest BCUT2D eigenvalue weighted by Crippen LogP contribution is 2.33. The van der Waals surface area contributed by atoms with E-state index in [1.807, 2.05) is 0 Å². The third kappa shape index (κ3) is 4.60. The van der Waals surface area contributed by atoms with E-state index in [0.29, 0.717) is 40.6 Å². The Morgan fingerprint density at radius 3 is 2.83 bits per heavy atom. The van der Waals surface area contributed by atoms with Gasteiger partial charge in [-0.25, -0.2) is 14.4 Å². The number of halogens is 3. The Labute approximate surface area is 209 Å². The normalized spacial score (nSPS) is 14.2. The van der Waals surface area contributed by atoms with Crippen LogP contribution in [-0.2, 0) is 19.9 Å². The molecule has 9 nitrogen and oxygen atoms in total. The zero-order valence-corrected chi connectivity index (χ0v) is 19.9. The minimum atomic E-state index is -1.12. The maximum atomic E-state index is 13.4. The predicted molar refractivity (Wildman–Crippen MR) is 127 cm³/mol. The molecule has 1 aromatic carbocycles. The lowest BCUT2D eigenvalue weighted by Gasteiger charge is -2.30. The molecule has 0 saturated carbocycles. The zero-order chi connectivity index (χ0) is 24.7. The van der Waals surface area contributed by atoms with Crippen molar-refractivity contribution in [2.45, 2.75) is 19.1 Å². The van der Waals surface area contributed by atoms with Crippen molar-refractivity contribution in [3.63, 3.8) is 0 Å². The molecular formula is C23H19Cl2FN6O3. The number of furan rings is 1. The van der Waals surface area contributed by atoms with Crippen LogP contribution in [0.25, 0.3) is 11.5 Å². The molecule has 0 fully saturated rings. The summed E-state index contributed by atoms with van der Waals surface area (Å²) in [5, 5.41) is 18.1. The van der Waals surface area contributed by atoms with Crippen LogP contribution in [0.2, 0.25) is 10.0 Å². The molecular weight excluding hydrogens is 498 g/mol. The van der Waals surface area contributed by atoms with Gasteiger partial charge in [0.05, 0.1) is 28.0 Å². The van der Waals surface area contributed by atoms with Crippen molar-refractivity contribution in [1.82, 2.24) is 24.6 Å². The van der Waals surface area contributed by atoms with E-state index in [1.54, 1.807) is 30.1 Å². The first kappa shape index (κ1) is 23.3. The second-order valence-electron chi connectivity index (χ2n) is 7.98. The van der Waals surface area contributed by atoms with Crippen LogP contribution in [0.3, 0.4) is 0 Å². The lowest BCUT2D eigenvalue weighted by atomic mass is 10.0. The third-order valence-corrected chi connectivity index (χ3v) is 6.25. The van der Waals surface area contributed by atoms with Crippen molar-refractivity contribution in [3.8, 4) is 11.5 Å². The summed E-state index contributed by atoms with van der Waals surface area (Å²) in [7, 11) is 1.77. The molecule has 4 aromatic rings. The van der Waals surface area contributed by atoms with Gasteiger partial charge in [-0.05, 0) is 23.8 Å². The molecule has 3 aromatic heterocycles. The SMILES string of the molecule is Cn1nccc1Nc1ncc(Cl)c(-c2cc3c(o2)CCN([C@@H](O)Cc2ccc(F)c(Cl)c2)C3=O)n1. The smallest absolute Gasteiger partial charge is 0.259 e. The zero-order valence-electron chi connectivity index (χ0n) is 18.4. The average molecular weight is 517 g/mol. The first-order valence-electron chi connectivity index (χ1n) is 10.6. The molecule has 0 radical (unpaired) electrons. The molecule has 35 heavy (non-hydrogen) atoms. The Kier molecular flexibility index (Phi) is 6.18. The summed E-state index contributed by atoms with van der Waals surface area (Å²) < 4.78 is 21.0. The van der Waals surface area contributed by atoms with Gasteiger partial charge in [0.25, 0.3) is 5.91 Å². The highest BCUT2D eigenvalue weighted by molar-refractivity contribution is 6.32. The molecule has 0 aliphatic carbocycles. The van der Waals surface area contributed by atoms with Crippen LogP contribution in [-0.4, -0.2) is 48.4 Å². The third-order valence-electron chi connectivity index (χ3n) is 5.68. The van der Waals surface area contributed by atoms with Crippen LogP contribution in [0, 0.1) is 5.82 Å². The van der Waals surface area contributed by atoms with Gasteiger partial charge in [-0.15, -0.1) is 0 Å². The van der Waals surface area contributed by atoms with Crippen LogP contribution < -0.4 is 5.32 Å². The Morgan fingerprint density at radius 2 is 2.09 bits per heavy atom. The summed E-state index contributed by atoms with van der Waals surface area (Å²) in [5.41, 5.74) is 1.25. The molecule has 12 heteroatoms. The fourth-order valence-corrected chi connectivity index (χ4v) is 4.26. The summed E-state index contributed by atoms with van der Waals surface area (Å²) in [6.07, 6.45) is 2.46. The number of nitrogens with one attached hydrogen (secondary N) is 1. The molecule has 0 unspecified atom stereocenters. The summed E-state index contributed by atoms with van der Waals surface area (Å²) in [4.78, 5) is 23.1. The molecule has 0 bridgehead atoms. The van der Waals surface area contributed by atoms with Crippen molar-refractivity contribution in [1.29, 1.82) is 0 Å². The van der Waals surface area contributed by atoms with Gasteiger partial charge in [-0.2, -0.15) is 5.10 Å². The van der Waals surface area contributed by atoms with Gasteiger partial charge in [-0.3, -0.25) is 9.48 Å². The minimum Gasteiger partial charge on any atom is -0.458 e. The van der Waals surface area contributed by atoms with Crippen molar-refractivity contribution in [2.75, 3.05) is 11.9 Å². The number of aromatic nitrogens is 4. The van der Waals surface area contributed by atoms with Gasteiger partial charge < -0.3 is 19.7 Å². The van der Waals surface area contributed by atoms with Gasteiger partial charge in [0.15, 0.2) is 5.76 Å². The number of aliphatic hydroxyl groups excluding tert-OH is 1. The van der Waals surface area contributed by atoms with E-state index in [-0.39, 0.29) is 34.9 Å². The largest absolute Gasteiger partial charge is 0.458 e. The molecule has 5 rings (SSSR count). The van der Waals surface area contributed by atoms with Gasteiger partial charge in [0.2, 0.25) is 5.95 Å². The second-order valence-corrected chi connectivity index (χ2v) is 8.80. The highest BCUT2D eigenvalue weighted by atomic mass is 35.5. The van der Waals surface area contributed by atoms with E-state index in [2.05, 4.69) is 20.4 Å². The van der Waals surface area contributed by atoms with E-state index in [1.165, 1.54) is 29.3 Å². The van der Waals surface area contributed by atoms with Crippen molar-refractivity contribution >= 4 is 40.9 Å². The van der Waals surface area contributed by atoms with E-state index in [9.17, 15) is 14.3 Å². The summed E-state index contributed by atoms with van der Waals surface area (Å²) in [6, 6.07) is 7.51. The van der Waals surface area contributed by atoms with Crippen LogP contribution in [0.15, 0.2) is 47.1 Å². The number of hydrogen-bond acceptors (Lipinski definition) is 7. The van der Waals surface area contributed by atoms with Gasteiger partial charge >= 0.3 is 0 Å². The summed E-state index contributed by atoms with van der Waals surface area (Å²) >= 11 is 12.2. The number of aryl methyl sites for hydroxylation is 1. The molecule has 1 atom stereocenters. The molecule has 0 spiro atoms. The molecule has 0 saturated heterocycles. The van der Waals surface area contributed by atoms with Gasteiger partial charge in [-0.1, -0.05) is 29.3 Å². The van der Waals surface area contributed by atoms with Crippen LogP contribution in [0.5, 0.6) is 0 Å². The fourth-order valence-electron chi connectivity index (χ4n) is 3.87. The number of rotatable bonds is 6. The fraction of sp³-hybridized carbons (Fsp3) is 0.217. The minimum absolute atomic E-state index is 0.0413. The number of anilines is 2. The van der Waals surface area contributed by atoms with Crippen molar-refractivity contribution in [3.05, 3.63) is 75.5 Å². The van der Waals surface area contributed by atoms with E-state index in [4.69, 9.17) is 27.6 Å². The summed E-state index contributed by atoms with van der Waals surface area (Å²) in [5.74, 6) is 0.819. The molecule has 1 aliphatic rings. The number of fused-ring (bicyclic) bond motifs is 1. The number of hydrogen-bond donors (Lipinski definition) is 2. The number of benzene rings is 1. The quantitative estimate of drug-likeness (QED) is 0.394. The highest BCUT2D eigenvalue weighted by Gasteiger charge is 2.33. The predicted octanol–water partition coefficient (Wildman–Crippen LogP) is 4.22. The Balaban J connectivity index is 1.37. The van der Waals surface area contributed by atoms with Gasteiger partial charge in [0, 0.05) is 32.5 Å². The number of carbonyl (C=O) groups is 1. The first-order valence-corrected chi connectivity index (χ1v) is 11.4. The number of amides is 1. The number of carbonyl (C=O) groups excluding carboxylic acids is 1. The Bertz CT molecular complexity index is 1420. The monoisotopic (exact) mass is 516 g/mol. The summed E-state index contributed by atoms with van der Waals surface area (Å²) in [6.45, 7) is 0.250. The van der Waals surface area contributed by atoms with E-state index in [0.717, 1.165) is 0 Å². The van der Waals surface area contributed by atoms with Gasteiger partial charge in [0.1, 0.15) is 29.3 Å². The van der Waals surface area contributed by atoms with Crippen molar-refractivity contribution in [2.24, 2.45) is 7.05 Å². The first-order chi connectivity index (χ1) is 16.8. The topological polar surface area (TPSA) is 109 Å². The Morgan fingerprint density at radius 1 is 1.26 bits per heavy atom. The van der Waals surface area contributed by atoms with Crippen LogP contribution in [0.1, 0.15) is 21.7 Å². The van der Waals surface area contributed by atoms with Crippen LogP contribution in [0.4, 0.5) is 16.2 Å². The number of nitrogens with zero attached hydrogens (tertiary/aromatic N) is 5. The molecule has 1 aliphatic heterocycles. The number of aliphatic hydroxyl groups is 1. The van der Waals surface area contributed by atoms with Crippen molar-refractivity contribution < 1.29 is 18.7 Å². The molecule has 180 valence electrons. The molecule has 2 N–H and O–H groups in total. The lowest BCUT2D eigenvalue weighted by Crippen LogP contribution is -2.45. The Hall–Kier alpha value is -3.47.